The minimum atomic E-state index is -0.494. The highest BCUT2D eigenvalue weighted by atomic mass is 127. The number of nitrogens with zero attached hydrogens (tertiary/aromatic N) is 1. The van der Waals surface area contributed by atoms with Gasteiger partial charge >= 0.3 is 0 Å². The van der Waals surface area contributed by atoms with Crippen LogP contribution in [-0.2, 0) is 0 Å². The van der Waals surface area contributed by atoms with Crippen molar-refractivity contribution in [1.82, 2.24) is 0 Å². The van der Waals surface area contributed by atoms with E-state index in [-0.39, 0.29) is 11.6 Å². The molecule has 0 fully saturated rings. The van der Waals surface area contributed by atoms with Gasteiger partial charge in [0.05, 0.1) is 22.2 Å². The zero-order chi connectivity index (χ0) is 17.7. The molecule has 2 aromatic rings. The van der Waals surface area contributed by atoms with Crippen LogP contribution >= 0.6 is 22.6 Å². The lowest BCUT2D eigenvalue weighted by Gasteiger charge is -2.13. The van der Waals surface area contributed by atoms with Crippen LogP contribution in [0.1, 0.15) is 17.3 Å². The number of anilines is 1. The first kappa shape index (κ1) is 18.0. The summed E-state index contributed by atoms with van der Waals surface area (Å²) in [6.07, 6.45) is 0. The van der Waals surface area contributed by atoms with Crippen LogP contribution in [0.15, 0.2) is 36.4 Å². The minimum Gasteiger partial charge on any atom is -0.492 e. The lowest BCUT2D eigenvalue weighted by Crippen LogP contribution is -2.13. The zero-order valence-corrected chi connectivity index (χ0v) is 15.2. The molecule has 7 nitrogen and oxygen atoms in total. The average molecular weight is 442 g/mol. The number of hydrogen-bond acceptors (Lipinski definition) is 5. The van der Waals surface area contributed by atoms with E-state index in [1.165, 1.54) is 31.4 Å². The Morgan fingerprint density at radius 3 is 2.50 bits per heavy atom. The van der Waals surface area contributed by atoms with Gasteiger partial charge in [0.25, 0.3) is 11.6 Å². The predicted octanol–water partition coefficient (Wildman–Crippen LogP) is 3.86. The molecule has 0 atom stereocenters. The first-order valence-corrected chi connectivity index (χ1v) is 8.10. The summed E-state index contributed by atoms with van der Waals surface area (Å²) in [4.78, 5) is 22.5. The predicted molar refractivity (Wildman–Crippen MR) is 97.9 cm³/mol. The van der Waals surface area contributed by atoms with Gasteiger partial charge in [0.15, 0.2) is 11.5 Å². The molecule has 0 bridgehead atoms. The van der Waals surface area contributed by atoms with Crippen LogP contribution in [-0.4, -0.2) is 24.5 Å². The molecule has 0 heterocycles. The van der Waals surface area contributed by atoms with Crippen molar-refractivity contribution in [3.05, 3.63) is 55.6 Å². The smallest absolute Gasteiger partial charge is 0.269 e. The Kier molecular flexibility index (Phi) is 5.96. The standard InChI is InChI=1S/C16H15IN2O5/c1-3-24-14-9-10(8-13(17)15(14)23-2)16(20)18-11-4-6-12(7-5-11)19(21)22/h4-9H,3H2,1-2H3,(H,18,20). The number of rotatable bonds is 6. The van der Waals surface area contributed by atoms with Gasteiger partial charge in [-0.3, -0.25) is 14.9 Å². The van der Waals surface area contributed by atoms with Crippen molar-refractivity contribution >= 4 is 39.9 Å². The number of carbonyl (C=O) groups is 1. The number of methoxy groups -OCH3 is 1. The lowest BCUT2D eigenvalue weighted by atomic mass is 10.1. The van der Waals surface area contributed by atoms with E-state index in [9.17, 15) is 14.9 Å². The molecular weight excluding hydrogens is 427 g/mol. The largest absolute Gasteiger partial charge is 0.492 e. The number of non-ortho nitro benzene ring substituents is 1. The monoisotopic (exact) mass is 442 g/mol. The summed E-state index contributed by atoms with van der Waals surface area (Å²) in [6.45, 7) is 2.29. The number of amides is 1. The van der Waals surface area contributed by atoms with Gasteiger partial charge in [-0.15, -0.1) is 0 Å². The molecule has 24 heavy (non-hydrogen) atoms. The minimum absolute atomic E-state index is 0.0365. The molecule has 1 N–H and O–H groups in total. The lowest BCUT2D eigenvalue weighted by molar-refractivity contribution is -0.384. The number of nitrogens with one attached hydrogen (secondary N) is 1. The van der Waals surface area contributed by atoms with Gasteiger partial charge in [-0.1, -0.05) is 0 Å². The molecule has 0 aliphatic heterocycles. The Hall–Kier alpha value is -2.36. The van der Waals surface area contributed by atoms with Crippen molar-refractivity contribution in [2.24, 2.45) is 0 Å². The van der Waals surface area contributed by atoms with Gasteiger partial charge in [-0.2, -0.15) is 0 Å². The maximum absolute atomic E-state index is 12.4. The number of halogens is 1. The molecule has 1 amide bonds. The van der Waals surface area contributed by atoms with Gasteiger partial charge < -0.3 is 14.8 Å². The molecule has 126 valence electrons. The fourth-order valence-electron chi connectivity index (χ4n) is 2.03. The molecule has 0 aliphatic carbocycles. The Morgan fingerprint density at radius 1 is 1.29 bits per heavy atom. The van der Waals surface area contributed by atoms with Gasteiger partial charge in [0.2, 0.25) is 0 Å². The van der Waals surface area contributed by atoms with E-state index in [4.69, 9.17) is 9.47 Å². The summed E-state index contributed by atoms with van der Waals surface area (Å²) >= 11 is 2.07. The second-order valence-corrected chi connectivity index (χ2v) is 5.84. The van der Waals surface area contributed by atoms with E-state index in [0.29, 0.717) is 29.4 Å². The summed E-state index contributed by atoms with van der Waals surface area (Å²) in [5.41, 5.74) is 0.835. The third-order valence-corrected chi connectivity index (χ3v) is 3.91. The number of nitro benzene ring substituents is 1. The van der Waals surface area contributed by atoms with Crippen LogP contribution in [0.25, 0.3) is 0 Å². The van der Waals surface area contributed by atoms with E-state index >= 15 is 0 Å². The van der Waals surface area contributed by atoms with E-state index in [0.717, 1.165) is 3.57 Å². The van der Waals surface area contributed by atoms with E-state index < -0.39 is 4.92 Å². The van der Waals surface area contributed by atoms with Gasteiger partial charge in [-0.25, -0.2) is 0 Å². The third-order valence-electron chi connectivity index (χ3n) is 3.11. The maximum atomic E-state index is 12.4. The summed E-state index contributed by atoms with van der Waals surface area (Å²) in [5.74, 6) is 0.718. The average Bonchev–Trinajstić information content (AvgIpc) is 2.55. The highest BCUT2D eigenvalue weighted by molar-refractivity contribution is 14.1. The van der Waals surface area contributed by atoms with Crippen molar-refractivity contribution in [2.75, 3.05) is 19.0 Å². The highest BCUT2D eigenvalue weighted by Gasteiger charge is 2.16. The molecule has 0 unspecified atom stereocenters. The fourth-order valence-corrected chi connectivity index (χ4v) is 2.85. The van der Waals surface area contributed by atoms with Gasteiger partial charge in [0, 0.05) is 23.4 Å². The second kappa shape index (κ2) is 7.95. The van der Waals surface area contributed by atoms with Crippen LogP contribution in [0.4, 0.5) is 11.4 Å². The zero-order valence-electron chi connectivity index (χ0n) is 13.0. The Bertz CT molecular complexity index is 762. The molecule has 0 aromatic heterocycles. The quantitative estimate of drug-likeness (QED) is 0.417. The molecule has 0 saturated carbocycles. The number of benzene rings is 2. The topological polar surface area (TPSA) is 90.7 Å². The SMILES string of the molecule is CCOc1cc(C(=O)Nc2ccc([N+](=O)[O-])cc2)cc(I)c1OC. The summed E-state index contributed by atoms with van der Waals surface area (Å²) in [5, 5.41) is 13.3. The van der Waals surface area contributed by atoms with E-state index in [2.05, 4.69) is 27.9 Å². The first-order valence-electron chi connectivity index (χ1n) is 7.02. The van der Waals surface area contributed by atoms with Crippen molar-refractivity contribution in [3.63, 3.8) is 0 Å². The van der Waals surface area contributed by atoms with Crippen molar-refractivity contribution in [1.29, 1.82) is 0 Å². The van der Waals surface area contributed by atoms with E-state index in [1.54, 1.807) is 12.1 Å². The molecule has 0 aliphatic rings. The molecule has 0 radical (unpaired) electrons. The Morgan fingerprint density at radius 2 is 1.96 bits per heavy atom. The van der Waals surface area contributed by atoms with Crippen LogP contribution in [0, 0.1) is 13.7 Å². The van der Waals surface area contributed by atoms with Crippen molar-refractivity contribution in [3.8, 4) is 11.5 Å². The van der Waals surface area contributed by atoms with E-state index in [1.807, 2.05) is 6.92 Å². The summed E-state index contributed by atoms with van der Waals surface area (Å²) in [7, 11) is 1.54. The summed E-state index contributed by atoms with van der Waals surface area (Å²) < 4.78 is 11.5. The third kappa shape index (κ3) is 4.13. The fraction of sp³-hybridized carbons (Fsp3) is 0.188. The van der Waals surface area contributed by atoms with Crippen molar-refractivity contribution < 1.29 is 19.2 Å². The number of nitro groups is 1. The molecule has 0 spiro atoms. The molecular formula is C16H15IN2O5. The number of ether oxygens (including phenoxy) is 2. The number of carbonyl (C=O) groups excluding carboxylic acids is 1. The molecule has 2 rings (SSSR count). The van der Waals surface area contributed by atoms with Gasteiger partial charge in [0.1, 0.15) is 0 Å². The maximum Gasteiger partial charge on any atom is 0.269 e. The summed E-state index contributed by atoms with van der Waals surface area (Å²) in [6, 6.07) is 8.91. The van der Waals surface area contributed by atoms with Crippen LogP contribution < -0.4 is 14.8 Å². The second-order valence-electron chi connectivity index (χ2n) is 4.68. The molecule has 0 saturated heterocycles. The van der Waals surface area contributed by atoms with Crippen LogP contribution in [0.2, 0.25) is 0 Å². The molecule has 2 aromatic carbocycles. The Labute approximate surface area is 152 Å². The van der Waals surface area contributed by atoms with Crippen LogP contribution in [0.3, 0.4) is 0 Å². The molecule has 8 heteroatoms. The normalized spacial score (nSPS) is 10.1. The highest BCUT2D eigenvalue weighted by Crippen LogP contribution is 2.34. The van der Waals surface area contributed by atoms with Crippen LogP contribution in [0.5, 0.6) is 11.5 Å². The Balaban J connectivity index is 2.24. The number of hydrogen-bond donors (Lipinski definition) is 1. The van der Waals surface area contributed by atoms with Gasteiger partial charge in [-0.05, 0) is 53.8 Å². The first-order chi connectivity index (χ1) is 11.5. The van der Waals surface area contributed by atoms with Crippen molar-refractivity contribution in [2.45, 2.75) is 6.92 Å².